The van der Waals surface area contributed by atoms with Gasteiger partial charge in [0, 0.05) is 19.6 Å². The number of carbonyl (C=O) groups is 2. The maximum Gasteiger partial charge on any atom is 0.233 e. The van der Waals surface area contributed by atoms with E-state index in [1.54, 1.807) is 7.11 Å². The van der Waals surface area contributed by atoms with Crippen molar-refractivity contribution >= 4 is 23.2 Å². The van der Waals surface area contributed by atoms with E-state index < -0.39 is 0 Å². The minimum Gasteiger partial charge on any atom is -0.497 e. The molecular weight excluding hydrogens is 370 g/mol. The van der Waals surface area contributed by atoms with Crippen molar-refractivity contribution < 1.29 is 19.1 Å². The Balaban J connectivity index is 1.46. The highest BCUT2D eigenvalue weighted by Crippen LogP contribution is 2.26. The van der Waals surface area contributed by atoms with E-state index in [1.807, 2.05) is 48.5 Å². The van der Waals surface area contributed by atoms with Gasteiger partial charge in [0.2, 0.25) is 11.8 Å². The molecule has 154 valence electrons. The molecule has 0 aromatic heterocycles. The second kappa shape index (κ2) is 10.5. The third-order valence-electron chi connectivity index (χ3n) is 4.75. The van der Waals surface area contributed by atoms with Gasteiger partial charge >= 0.3 is 0 Å². The van der Waals surface area contributed by atoms with Gasteiger partial charge in [-0.15, -0.1) is 0 Å². The number of hydrogen-bond acceptors (Lipinski definition) is 5. The zero-order valence-corrected chi connectivity index (χ0v) is 16.6. The Labute approximate surface area is 171 Å². The van der Waals surface area contributed by atoms with E-state index in [0.29, 0.717) is 31.9 Å². The summed E-state index contributed by atoms with van der Waals surface area (Å²) in [6.45, 7) is 3.36. The van der Waals surface area contributed by atoms with Gasteiger partial charge in [-0.2, -0.15) is 0 Å². The number of methoxy groups -OCH3 is 1. The first-order chi connectivity index (χ1) is 14.2. The molecule has 1 fully saturated rings. The molecule has 3 rings (SSSR count). The molecule has 0 unspecified atom stereocenters. The van der Waals surface area contributed by atoms with Crippen LogP contribution in [0.25, 0.3) is 0 Å². The number of ether oxygens (including phenoxy) is 2. The van der Waals surface area contributed by atoms with Crippen LogP contribution < -0.4 is 20.3 Å². The SMILES string of the molecule is COc1ccc(CCNC(=O)CC(=O)Nc2ccccc2N2CCOCC2)cc1. The van der Waals surface area contributed by atoms with E-state index in [9.17, 15) is 9.59 Å². The lowest BCUT2D eigenvalue weighted by molar-refractivity contribution is -0.126. The van der Waals surface area contributed by atoms with Crippen molar-refractivity contribution in [1.29, 1.82) is 0 Å². The third kappa shape index (κ3) is 6.22. The molecule has 2 aromatic rings. The van der Waals surface area contributed by atoms with Gasteiger partial charge < -0.3 is 25.0 Å². The molecule has 1 aliphatic rings. The molecule has 0 saturated carbocycles. The average molecular weight is 397 g/mol. The van der Waals surface area contributed by atoms with Gasteiger partial charge in [0.25, 0.3) is 0 Å². The van der Waals surface area contributed by atoms with Crippen molar-refractivity contribution in [2.45, 2.75) is 12.8 Å². The van der Waals surface area contributed by atoms with Gasteiger partial charge in [-0.1, -0.05) is 24.3 Å². The van der Waals surface area contributed by atoms with Crippen LogP contribution >= 0.6 is 0 Å². The number of amides is 2. The summed E-state index contributed by atoms with van der Waals surface area (Å²) in [5.41, 5.74) is 2.75. The first-order valence-electron chi connectivity index (χ1n) is 9.77. The van der Waals surface area contributed by atoms with Crippen LogP contribution in [0.5, 0.6) is 5.75 Å². The lowest BCUT2D eigenvalue weighted by atomic mass is 10.1. The zero-order valence-electron chi connectivity index (χ0n) is 16.6. The van der Waals surface area contributed by atoms with Crippen molar-refractivity contribution in [3.05, 3.63) is 54.1 Å². The minimum absolute atomic E-state index is 0.208. The summed E-state index contributed by atoms with van der Waals surface area (Å²) in [4.78, 5) is 26.6. The van der Waals surface area contributed by atoms with Crippen LogP contribution in [0.3, 0.4) is 0 Å². The van der Waals surface area contributed by atoms with E-state index in [-0.39, 0.29) is 18.2 Å². The first-order valence-corrected chi connectivity index (χ1v) is 9.77. The van der Waals surface area contributed by atoms with Gasteiger partial charge in [0.1, 0.15) is 12.2 Å². The van der Waals surface area contributed by atoms with Gasteiger partial charge in [0.15, 0.2) is 0 Å². The normalized spacial score (nSPS) is 13.6. The van der Waals surface area contributed by atoms with E-state index >= 15 is 0 Å². The Bertz CT molecular complexity index is 817. The third-order valence-corrected chi connectivity index (χ3v) is 4.75. The maximum atomic E-state index is 12.3. The molecule has 0 radical (unpaired) electrons. The number of nitrogens with zero attached hydrogens (tertiary/aromatic N) is 1. The number of para-hydroxylation sites is 2. The standard InChI is InChI=1S/C22H27N3O4/c1-28-18-8-6-17(7-9-18)10-11-23-21(26)16-22(27)24-19-4-2-3-5-20(19)25-12-14-29-15-13-25/h2-9H,10-16H2,1H3,(H,23,26)(H,24,27). The summed E-state index contributed by atoms with van der Waals surface area (Å²) in [7, 11) is 1.62. The average Bonchev–Trinajstić information content (AvgIpc) is 2.75. The molecule has 1 aliphatic heterocycles. The van der Waals surface area contributed by atoms with Crippen molar-refractivity contribution in [2.24, 2.45) is 0 Å². The zero-order chi connectivity index (χ0) is 20.5. The quantitative estimate of drug-likeness (QED) is 0.668. The largest absolute Gasteiger partial charge is 0.497 e. The number of carbonyl (C=O) groups excluding carboxylic acids is 2. The molecule has 29 heavy (non-hydrogen) atoms. The van der Waals surface area contributed by atoms with Crippen LogP contribution in [0.15, 0.2) is 48.5 Å². The van der Waals surface area contributed by atoms with Crippen LogP contribution in [0.4, 0.5) is 11.4 Å². The molecule has 2 amide bonds. The van der Waals surface area contributed by atoms with Crippen LogP contribution in [0, 0.1) is 0 Å². The Morgan fingerprint density at radius 1 is 1.03 bits per heavy atom. The Kier molecular flexibility index (Phi) is 7.47. The fourth-order valence-electron chi connectivity index (χ4n) is 3.20. The van der Waals surface area contributed by atoms with Crippen LogP contribution in [-0.2, 0) is 20.7 Å². The molecule has 2 N–H and O–H groups in total. The molecule has 0 atom stereocenters. The van der Waals surface area contributed by atoms with Crippen LogP contribution in [0.2, 0.25) is 0 Å². The predicted octanol–water partition coefficient (Wildman–Crippen LogP) is 2.22. The summed E-state index contributed by atoms with van der Waals surface area (Å²) < 4.78 is 10.5. The molecule has 0 spiro atoms. The number of rotatable bonds is 8. The highest BCUT2D eigenvalue weighted by Gasteiger charge is 2.16. The fraction of sp³-hybridized carbons (Fsp3) is 0.364. The van der Waals surface area contributed by atoms with Crippen molar-refractivity contribution in [1.82, 2.24) is 5.32 Å². The van der Waals surface area contributed by atoms with Crippen molar-refractivity contribution in [3.8, 4) is 5.75 Å². The number of nitrogens with one attached hydrogen (secondary N) is 2. The minimum atomic E-state index is -0.326. The first kappa shape index (κ1) is 20.7. The van der Waals surface area contributed by atoms with E-state index in [4.69, 9.17) is 9.47 Å². The van der Waals surface area contributed by atoms with Crippen molar-refractivity contribution in [2.75, 3.05) is 50.2 Å². The highest BCUT2D eigenvalue weighted by molar-refractivity contribution is 6.04. The molecule has 1 saturated heterocycles. The van der Waals surface area contributed by atoms with Crippen LogP contribution in [0.1, 0.15) is 12.0 Å². The molecule has 1 heterocycles. The molecule has 7 nitrogen and oxygen atoms in total. The number of anilines is 2. The van der Waals surface area contributed by atoms with Gasteiger partial charge in [-0.25, -0.2) is 0 Å². The number of hydrogen-bond donors (Lipinski definition) is 2. The van der Waals surface area contributed by atoms with E-state index in [2.05, 4.69) is 15.5 Å². The lowest BCUT2D eigenvalue weighted by Gasteiger charge is -2.30. The molecular formula is C22H27N3O4. The maximum absolute atomic E-state index is 12.3. The lowest BCUT2D eigenvalue weighted by Crippen LogP contribution is -2.37. The van der Waals surface area contributed by atoms with Gasteiger partial charge in [-0.05, 0) is 36.2 Å². The summed E-state index contributed by atoms with van der Waals surface area (Å²) in [5, 5.41) is 5.66. The fourth-order valence-corrected chi connectivity index (χ4v) is 3.20. The molecule has 0 aliphatic carbocycles. The second-order valence-corrected chi connectivity index (χ2v) is 6.79. The topological polar surface area (TPSA) is 79.9 Å². The Morgan fingerprint density at radius 2 is 1.76 bits per heavy atom. The van der Waals surface area contributed by atoms with Gasteiger partial charge in [-0.3, -0.25) is 9.59 Å². The second-order valence-electron chi connectivity index (χ2n) is 6.79. The number of benzene rings is 2. The smallest absolute Gasteiger partial charge is 0.233 e. The van der Waals surface area contributed by atoms with Crippen molar-refractivity contribution in [3.63, 3.8) is 0 Å². The van der Waals surface area contributed by atoms with E-state index in [0.717, 1.165) is 30.1 Å². The Morgan fingerprint density at radius 3 is 2.48 bits per heavy atom. The highest BCUT2D eigenvalue weighted by atomic mass is 16.5. The Hall–Kier alpha value is -3.06. The van der Waals surface area contributed by atoms with Crippen LogP contribution in [-0.4, -0.2) is 51.8 Å². The van der Waals surface area contributed by atoms with Gasteiger partial charge in [0.05, 0.1) is 31.7 Å². The summed E-state index contributed by atoms with van der Waals surface area (Å²) >= 11 is 0. The molecule has 2 aromatic carbocycles. The molecule has 7 heteroatoms. The predicted molar refractivity (Wildman–Crippen MR) is 112 cm³/mol. The van der Waals surface area contributed by atoms with E-state index in [1.165, 1.54) is 0 Å². The summed E-state index contributed by atoms with van der Waals surface area (Å²) in [6.07, 6.45) is 0.483. The molecule has 0 bridgehead atoms. The monoisotopic (exact) mass is 397 g/mol. The number of morpholine rings is 1. The summed E-state index contributed by atoms with van der Waals surface area (Å²) in [6, 6.07) is 15.3. The summed E-state index contributed by atoms with van der Waals surface area (Å²) in [5.74, 6) is 0.180.